The van der Waals surface area contributed by atoms with Crippen molar-refractivity contribution in [3.05, 3.63) is 22.4 Å². The molecule has 0 saturated carbocycles. The number of unbranched alkanes of at least 4 members (excludes halogenated alkanes) is 4. The fourth-order valence-corrected chi connectivity index (χ4v) is 2.38. The first-order valence-electron chi connectivity index (χ1n) is 6.31. The second-order valence-electron chi connectivity index (χ2n) is 4.31. The SMILES string of the molecule is CCCCCCCC(=O)CC(=O)c1ccsc1. The monoisotopic (exact) mass is 252 g/mol. The summed E-state index contributed by atoms with van der Waals surface area (Å²) in [6, 6.07) is 1.78. The summed E-state index contributed by atoms with van der Waals surface area (Å²) in [7, 11) is 0. The molecule has 1 aromatic heterocycles. The van der Waals surface area contributed by atoms with Crippen LogP contribution in [0.25, 0.3) is 0 Å². The van der Waals surface area contributed by atoms with Gasteiger partial charge in [-0.2, -0.15) is 11.3 Å². The third-order valence-electron chi connectivity index (χ3n) is 2.76. The van der Waals surface area contributed by atoms with Crippen LogP contribution in [0.1, 0.15) is 62.2 Å². The smallest absolute Gasteiger partial charge is 0.171 e. The lowest BCUT2D eigenvalue weighted by molar-refractivity contribution is -0.118. The van der Waals surface area contributed by atoms with E-state index in [4.69, 9.17) is 0 Å². The molecule has 0 aromatic carbocycles. The summed E-state index contributed by atoms with van der Waals surface area (Å²) in [5.74, 6) is 0.0440. The number of carbonyl (C=O) groups is 2. The van der Waals surface area contributed by atoms with Crippen molar-refractivity contribution in [3.63, 3.8) is 0 Å². The average Bonchev–Trinajstić information content (AvgIpc) is 2.82. The first-order chi connectivity index (χ1) is 8.24. The minimum atomic E-state index is -0.0372. The van der Waals surface area contributed by atoms with Gasteiger partial charge in [0.25, 0.3) is 0 Å². The van der Waals surface area contributed by atoms with E-state index in [1.54, 1.807) is 11.4 Å². The molecule has 0 amide bonds. The van der Waals surface area contributed by atoms with Gasteiger partial charge in [0.05, 0.1) is 6.42 Å². The number of hydrogen-bond acceptors (Lipinski definition) is 3. The van der Waals surface area contributed by atoms with E-state index in [1.807, 2.05) is 5.38 Å². The van der Waals surface area contributed by atoms with Crippen molar-refractivity contribution in [2.45, 2.75) is 51.9 Å². The molecule has 0 radical (unpaired) electrons. The summed E-state index contributed by atoms with van der Waals surface area (Å²) in [6.45, 7) is 2.17. The number of thiophene rings is 1. The number of hydrogen-bond donors (Lipinski definition) is 0. The fourth-order valence-electron chi connectivity index (χ4n) is 1.72. The molecule has 0 spiro atoms. The molecule has 0 aliphatic carbocycles. The number of carbonyl (C=O) groups excluding carboxylic acids is 2. The van der Waals surface area contributed by atoms with Crippen LogP contribution in [0.5, 0.6) is 0 Å². The van der Waals surface area contributed by atoms with Crippen LogP contribution in [-0.4, -0.2) is 11.6 Å². The van der Waals surface area contributed by atoms with E-state index in [9.17, 15) is 9.59 Å². The van der Waals surface area contributed by atoms with Crippen molar-refractivity contribution in [1.82, 2.24) is 0 Å². The summed E-state index contributed by atoms with van der Waals surface area (Å²) in [5, 5.41) is 3.67. The van der Waals surface area contributed by atoms with Crippen molar-refractivity contribution >= 4 is 22.9 Å². The van der Waals surface area contributed by atoms with Crippen molar-refractivity contribution in [3.8, 4) is 0 Å². The molecule has 1 rings (SSSR count). The predicted octanol–water partition coefficient (Wildman–Crippen LogP) is 4.25. The lowest BCUT2D eigenvalue weighted by atomic mass is 10.0. The molecule has 94 valence electrons. The maximum atomic E-state index is 11.6. The lowest BCUT2D eigenvalue weighted by Crippen LogP contribution is -2.07. The van der Waals surface area contributed by atoms with E-state index in [-0.39, 0.29) is 18.0 Å². The van der Waals surface area contributed by atoms with Crippen molar-refractivity contribution in [2.24, 2.45) is 0 Å². The Hall–Kier alpha value is -0.960. The quantitative estimate of drug-likeness (QED) is 0.374. The van der Waals surface area contributed by atoms with Crippen LogP contribution in [0.4, 0.5) is 0 Å². The zero-order valence-electron chi connectivity index (χ0n) is 10.4. The second-order valence-corrected chi connectivity index (χ2v) is 5.09. The zero-order valence-corrected chi connectivity index (χ0v) is 11.2. The first-order valence-corrected chi connectivity index (χ1v) is 7.25. The molecule has 17 heavy (non-hydrogen) atoms. The van der Waals surface area contributed by atoms with Gasteiger partial charge in [0, 0.05) is 17.4 Å². The highest BCUT2D eigenvalue weighted by atomic mass is 32.1. The first kappa shape index (κ1) is 14.1. The summed E-state index contributed by atoms with van der Waals surface area (Å²) < 4.78 is 0. The predicted molar refractivity (Wildman–Crippen MR) is 71.6 cm³/mol. The molecule has 0 bridgehead atoms. The summed E-state index contributed by atoms with van der Waals surface area (Å²) in [6.07, 6.45) is 6.31. The largest absolute Gasteiger partial charge is 0.299 e. The van der Waals surface area contributed by atoms with Gasteiger partial charge in [-0.15, -0.1) is 0 Å². The van der Waals surface area contributed by atoms with Crippen LogP contribution in [0.3, 0.4) is 0 Å². The Morgan fingerprint density at radius 2 is 1.94 bits per heavy atom. The van der Waals surface area contributed by atoms with Crippen LogP contribution in [-0.2, 0) is 4.79 Å². The zero-order chi connectivity index (χ0) is 12.5. The summed E-state index contributed by atoms with van der Waals surface area (Å²) >= 11 is 1.49. The molecule has 0 N–H and O–H groups in total. The molecule has 1 aromatic rings. The highest BCUT2D eigenvalue weighted by Gasteiger charge is 2.11. The molecule has 3 heteroatoms. The Morgan fingerprint density at radius 3 is 2.59 bits per heavy atom. The minimum absolute atomic E-state index is 0.0372. The van der Waals surface area contributed by atoms with E-state index in [1.165, 1.54) is 30.6 Å². The van der Waals surface area contributed by atoms with Gasteiger partial charge in [0.15, 0.2) is 5.78 Å². The number of Topliss-reactive ketones (excluding diaryl/α,β-unsaturated/α-hetero) is 2. The van der Waals surface area contributed by atoms with Gasteiger partial charge in [-0.3, -0.25) is 9.59 Å². The molecule has 0 fully saturated rings. The lowest BCUT2D eigenvalue weighted by Gasteiger charge is -2.00. The Bertz CT molecular complexity index is 341. The topological polar surface area (TPSA) is 34.1 Å². The maximum Gasteiger partial charge on any atom is 0.171 e. The number of rotatable bonds is 9. The molecular formula is C14H20O2S. The van der Waals surface area contributed by atoms with Gasteiger partial charge >= 0.3 is 0 Å². The van der Waals surface area contributed by atoms with E-state index >= 15 is 0 Å². The van der Waals surface area contributed by atoms with Gasteiger partial charge in [-0.25, -0.2) is 0 Å². The van der Waals surface area contributed by atoms with Crippen molar-refractivity contribution < 1.29 is 9.59 Å². The standard InChI is InChI=1S/C14H20O2S/c1-2-3-4-5-6-7-13(15)10-14(16)12-8-9-17-11-12/h8-9,11H,2-7,10H2,1H3. The van der Waals surface area contributed by atoms with Gasteiger partial charge in [0.1, 0.15) is 5.78 Å². The van der Waals surface area contributed by atoms with E-state index < -0.39 is 0 Å². The van der Waals surface area contributed by atoms with Crippen LogP contribution in [0.2, 0.25) is 0 Å². The van der Waals surface area contributed by atoms with Crippen molar-refractivity contribution in [1.29, 1.82) is 0 Å². The Labute approximate surface area is 107 Å². The summed E-state index contributed by atoms with van der Waals surface area (Å²) in [5.41, 5.74) is 0.675. The molecule has 0 saturated heterocycles. The Kier molecular flexibility index (Phi) is 6.78. The Morgan fingerprint density at radius 1 is 1.18 bits per heavy atom. The van der Waals surface area contributed by atoms with Crippen molar-refractivity contribution in [2.75, 3.05) is 0 Å². The van der Waals surface area contributed by atoms with Gasteiger partial charge in [-0.05, 0) is 17.9 Å². The summed E-state index contributed by atoms with van der Waals surface area (Å²) in [4.78, 5) is 23.2. The molecule has 1 heterocycles. The third kappa shape index (κ3) is 5.78. The molecule has 0 aliphatic rings. The molecular weight excluding hydrogens is 232 g/mol. The minimum Gasteiger partial charge on any atom is -0.299 e. The van der Waals surface area contributed by atoms with Crippen LogP contribution >= 0.6 is 11.3 Å². The van der Waals surface area contributed by atoms with Crippen LogP contribution in [0, 0.1) is 0 Å². The average molecular weight is 252 g/mol. The highest BCUT2D eigenvalue weighted by molar-refractivity contribution is 7.08. The van der Waals surface area contributed by atoms with E-state index in [0.29, 0.717) is 12.0 Å². The van der Waals surface area contributed by atoms with E-state index in [0.717, 1.165) is 12.8 Å². The maximum absolute atomic E-state index is 11.6. The highest BCUT2D eigenvalue weighted by Crippen LogP contribution is 2.11. The molecule has 2 nitrogen and oxygen atoms in total. The Balaban J connectivity index is 2.15. The number of ketones is 2. The van der Waals surface area contributed by atoms with E-state index in [2.05, 4.69) is 6.92 Å². The van der Waals surface area contributed by atoms with Gasteiger partial charge in [0.2, 0.25) is 0 Å². The van der Waals surface area contributed by atoms with Crippen LogP contribution < -0.4 is 0 Å². The van der Waals surface area contributed by atoms with Gasteiger partial charge < -0.3 is 0 Å². The molecule has 0 atom stereocenters. The molecule has 0 unspecified atom stereocenters. The second kappa shape index (κ2) is 8.18. The van der Waals surface area contributed by atoms with Gasteiger partial charge in [-0.1, -0.05) is 32.6 Å². The normalized spacial score (nSPS) is 10.4. The molecule has 0 aliphatic heterocycles. The third-order valence-corrected chi connectivity index (χ3v) is 3.44. The van der Waals surface area contributed by atoms with Crippen LogP contribution in [0.15, 0.2) is 16.8 Å². The fraction of sp³-hybridized carbons (Fsp3) is 0.571.